The van der Waals surface area contributed by atoms with Crippen LogP contribution in [0, 0.1) is 5.92 Å². The fourth-order valence-electron chi connectivity index (χ4n) is 4.84. The maximum atomic E-state index is 10.8. The van der Waals surface area contributed by atoms with Gasteiger partial charge in [-0.2, -0.15) is 0 Å². The molecule has 0 spiro atoms. The Morgan fingerprint density at radius 1 is 1.19 bits per heavy atom. The lowest BCUT2D eigenvalue weighted by Gasteiger charge is -2.53. The molecule has 1 aromatic carbocycles. The van der Waals surface area contributed by atoms with Gasteiger partial charge in [0, 0.05) is 0 Å². The highest BCUT2D eigenvalue weighted by atomic mass is 16.3. The van der Waals surface area contributed by atoms with E-state index in [0.717, 1.165) is 37.7 Å². The summed E-state index contributed by atoms with van der Waals surface area (Å²) in [6.45, 7) is 8.03. The van der Waals surface area contributed by atoms with Gasteiger partial charge < -0.3 is 10.2 Å². The van der Waals surface area contributed by atoms with Crippen LogP contribution in [0.4, 0.5) is 0 Å². The molecule has 0 saturated heterocycles. The predicted molar refractivity (Wildman–Crippen MR) is 85.3 cm³/mol. The van der Waals surface area contributed by atoms with Gasteiger partial charge in [-0.3, -0.25) is 0 Å². The number of aliphatic hydroxyl groups is 2. The fourth-order valence-corrected chi connectivity index (χ4v) is 4.84. The Morgan fingerprint density at radius 2 is 1.90 bits per heavy atom. The molecule has 3 rings (SSSR count). The molecule has 21 heavy (non-hydrogen) atoms. The molecule has 2 N–H and O–H groups in total. The van der Waals surface area contributed by atoms with Crippen LogP contribution in [0.2, 0.25) is 0 Å². The molecular formula is C19H28O2. The van der Waals surface area contributed by atoms with Crippen molar-refractivity contribution in [3.8, 4) is 0 Å². The van der Waals surface area contributed by atoms with Crippen molar-refractivity contribution in [3.05, 3.63) is 34.9 Å². The van der Waals surface area contributed by atoms with Crippen molar-refractivity contribution < 1.29 is 10.2 Å². The maximum Gasteiger partial charge on any atom is 0.0840 e. The minimum Gasteiger partial charge on any atom is -0.390 e. The summed E-state index contributed by atoms with van der Waals surface area (Å²) in [5.41, 5.74) is 2.50. The number of hydrogen-bond acceptors (Lipinski definition) is 2. The molecule has 0 aromatic heterocycles. The van der Waals surface area contributed by atoms with Crippen molar-refractivity contribution in [2.75, 3.05) is 0 Å². The van der Waals surface area contributed by atoms with E-state index in [0.29, 0.717) is 5.92 Å². The molecule has 1 fully saturated rings. The van der Waals surface area contributed by atoms with E-state index in [1.54, 1.807) is 0 Å². The van der Waals surface area contributed by atoms with Gasteiger partial charge in [-0.05, 0) is 80.9 Å². The van der Waals surface area contributed by atoms with Crippen LogP contribution < -0.4 is 0 Å². The summed E-state index contributed by atoms with van der Waals surface area (Å²) >= 11 is 0. The molecule has 2 heteroatoms. The topological polar surface area (TPSA) is 40.5 Å². The van der Waals surface area contributed by atoms with E-state index in [-0.39, 0.29) is 5.41 Å². The summed E-state index contributed by atoms with van der Waals surface area (Å²) in [4.78, 5) is 0. The average Bonchev–Trinajstić information content (AvgIpc) is 2.36. The van der Waals surface area contributed by atoms with Gasteiger partial charge in [0.05, 0.1) is 11.2 Å². The molecule has 0 heterocycles. The molecule has 2 nitrogen and oxygen atoms in total. The summed E-state index contributed by atoms with van der Waals surface area (Å²) < 4.78 is 0. The molecular weight excluding hydrogens is 260 g/mol. The van der Waals surface area contributed by atoms with Gasteiger partial charge >= 0.3 is 0 Å². The zero-order valence-electron chi connectivity index (χ0n) is 13.7. The first-order valence-corrected chi connectivity index (χ1v) is 8.23. The molecule has 2 aliphatic carbocycles. The third-order valence-electron chi connectivity index (χ3n) is 6.03. The number of aryl methyl sites for hydroxylation is 1. The number of rotatable bonds is 1. The standard InChI is InChI=1S/C19H28O2/c1-17(2,20)14-7-8-15-13(12-14)6-9-16-18(15,3)10-5-11-19(16,4)21/h7-8,12,16,20-21H,5-6,9-11H2,1-4H3/t16-,18-,19-/m0/s1. The van der Waals surface area contributed by atoms with Crippen LogP contribution in [0.5, 0.6) is 0 Å². The summed E-state index contributed by atoms with van der Waals surface area (Å²) in [6, 6.07) is 6.45. The molecule has 0 amide bonds. The van der Waals surface area contributed by atoms with E-state index in [1.165, 1.54) is 11.1 Å². The molecule has 0 aliphatic heterocycles. The molecule has 116 valence electrons. The second kappa shape index (κ2) is 4.57. The third-order valence-corrected chi connectivity index (χ3v) is 6.03. The second-order valence-corrected chi connectivity index (χ2v) is 8.15. The van der Waals surface area contributed by atoms with Gasteiger partial charge in [0.25, 0.3) is 0 Å². The lowest BCUT2D eigenvalue weighted by molar-refractivity contribution is -0.0749. The van der Waals surface area contributed by atoms with Crippen molar-refractivity contribution in [2.24, 2.45) is 5.92 Å². The normalized spacial score (nSPS) is 36.0. The Balaban J connectivity index is 2.07. The Kier molecular flexibility index (Phi) is 3.27. The van der Waals surface area contributed by atoms with Crippen LogP contribution in [0.15, 0.2) is 18.2 Å². The maximum absolute atomic E-state index is 10.8. The zero-order valence-corrected chi connectivity index (χ0v) is 13.7. The van der Waals surface area contributed by atoms with Crippen LogP contribution in [-0.4, -0.2) is 15.8 Å². The van der Waals surface area contributed by atoms with Crippen molar-refractivity contribution in [3.63, 3.8) is 0 Å². The minimum absolute atomic E-state index is 0.0768. The Hall–Kier alpha value is -0.860. The molecule has 0 radical (unpaired) electrons. The minimum atomic E-state index is -0.787. The highest BCUT2D eigenvalue weighted by molar-refractivity contribution is 5.42. The SMILES string of the molecule is CC(C)(O)c1ccc2c(c1)CC[C@@H]1[C@@](C)(O)CCC[C@@]21C. The molecule has 0 unspecified atom stereocenters. The predicted octanol–water partition coefficient (Wildman–Crippen LogP) is 3.67. The van der Waals surface area contributed by atoms with E-state index in [1.807, 2.05) is 20.8 Å². The first kappa shape index (κ1) is 15.1. The average molecular weight is 288 g/mol. The van der Waals surface area contributed by atoms with Crippen LogP contribution in [0.1, 0.15) is 70.1 Å². The van der Waals surface area contributed by atoms with E-state index >= 15 is 0 Å². The number of hydrogen-bond donors (Lipinski definition) is 2. The van der Waals surface area contributed by atoms with Crippen LogP contribution in [0.25, 0.3) is 0 Å². The van der Waals surface area contributed by atoms with Gasteiger partial charge in [-0.1, -0.05) is 25.1 Å². The third kappa shape index (κ3) is 2.33. The number of fused-ring (bicyclic) bond motifs is 3. The summed E-state index contributed by atoms with van der Waals surface area (Å²) in [6.07, 6.45) is 5.22. The molecule has 1 aromatic rings. The number of benzene rings is 1. The van der Waals surface area contributed by atoms with Crippen LogP contribution >= 0.6 is 0 Å². The monoisotopic (exact) mass is 288 g/mol. The van der Waals surface area contributed by atoms with Gasteiger partial charge in [0.15, 0.2) is 0 Å². The lowest BCUT2D eigenvalue weighted by Crippen LogP contribution is -2.52. The molecule has 2 aliphatic rings. The quantitative estimate of drug-likeness (QED) is 0.828. The largest absolute Gasteiger partial charge is 0.390 e. The van der Waals surface area contributed by atoms with Crippen LogP contribution in [0.3, 0.4) is 0 Å². The summed E-state index contributed by atoms with van der Waals surface area (Å²) in [7, 11) is 0. The Labute approximate surface area is 128 Å². The Bertz CT molecular complexity index is 553. The van der Waals surface area contributed by atoms with E-state index < -0.39 is 11.2 Å². The summed E-state index contributed by atoms with van der Waals surface area (Å²) in [5.74, 6) is 0.347. The molecule has 3 atom stereocenters. The van der Waals surface area contributed by atoms with Gasteiger partial charge in [-0.15, -0.1) is 0 Å². The van der Waals surface area contributed by atoms with E-state index in [2.05, 4.69) is 25.1 Å². The van der Waals surface area contributed by atoms with E-state index in [4.69, 9.17) is 0 Å². The second-order valence-electron chi connectivity index (χ2n) is 8.15. The van der Waals surface area contributed by atoms with Gasteiger partial charge in [0.1, 0.15) is 0 Å². The smallest absolute Gasteiger partial charge is 0.0840 e. The van der Waals surface area contributed by atoms with Crippen molar-refractivity contribution in [1.82, 2.24) is 0 Å². The van der Waals surface area contributed by atoms with Crippen molar-refractivity contribution in [1.29, 1.82) is 0 Å². The van der Waals surface area contributed by atoms with Gasteiger partial charge in [0.2, 0.25) is 0 Å². The lowest BCUT2D eigenvalue weighted by atomic mass is 9.53. The van der Waals surface area contributed by atoms with Crippen LogP contribution in [-0.2, 0) is 17.4 Å². The first-order chi connectivity index (χ1) is 9.64. The highest BCUT2D eigenvalue weighted by Crippen LogP contribution is 2.53. The van der Waals surface area contributed by atoms with E-state index in [9.17, 15) is 10.2 Å². The molecule has 1 saturated carbocycles. The highest BCUT2D eigenvalue weighted by Gasteiger charge is 2.51. The fraction of sp³-hybridized carbons (Fsp3) is 0.684. The molecule has 0 bridgehead atoms. The first-order valence-electron chi connectivity index (χ1n) is 8.23. The van der Waals surface area contributed by atoms with Gasteiger partial charge in [-0.25, -0.2) is 0 Å². The Morgan fingerprint density at radius 3 is 2.57 bits per heavy atom. The van der Waals surface area contributed by atoms with Crippen molar-refractivity contribution in [2.45, 2.75) is 76.4 Å². The zero-order chi connectivity index (χ0) is 15.5. The summed E-state index contributed by atoms with van der Waals surface area (Å²) in [5, 5.41) is 21.0. The van der Waals surface area contributed by atoms with Crippen molar-refractivity contribution >= 4 is 0 Å².